The lowest BCUT2D eigenvalue weighted by molar-refractivity contribution is -0.122. The lowest BCUT2D eigenvalue weighted by Crippen LogP contribution is -2.45. The third-order valence-corrected chi connectivity index (χ3v) is 6.13. The van der Waals surface area contributed by atoms with Crippen LogP contribution >= 0.6 is 11.5 Å². The number of hydrogen-bond donors (Lipinski definition) is 3. The predicted octanol–water partition coefficient (Wildman–Crippen LogP) is 2.73. The number of aryl methyl sites for hydroxylation is 2. The Morgan fingerprint density at radius 1 is 1.17 bits per heavy atom. The number of methoxy groups -OCH3 is 1. The van der Waals surface area contributed by atoms with Crippen LogP contribution in [0.2, 0.25) is 0 Å². The average Bonchev–Trinajstić information content (AvgIpc) is 3.20. The molecule has 3 amide bonds. The van der Waals surface area contributed by atoms with Crippen molar-refractivity contribution in [2.24, 2.45) is 5.73 Å². The highest BCUT2D eigenvalue weighted by Crippen LogP contribution is 2.35. The van der Waals surface area contributed by atoms with Gasteiger partial charge in [0.1, 0.15) is 16.7 Å². The van der Waals surface area contributed by atoms with Crippen LogP contribution in [0.3, 0.4) is 0 Å². The fraction of sp³-hybridized carbons (Fsp3) is 0.250. The lowest BCUT2D eigenvalue weighted by Gasteiger charge is -2.32. The molecule has 0 saturated carbocycles. The Morgan fingerprint density at radius 3 is 2.43 bits per heavy atom. The van der Waals surface area contributed by atoms with Gasteiger partial charge in [-0.2, -0.15) is 4.37 Å². The number of nitrogens with two attached hydrogens (primary N) is 2. The molecule has 184 valence electrons. The van der Waals surface area contributed by atoms with Crippen molar-refractivity contribution in [3.63, 3.8) is 0 Å². The normalized spacial score (nSPS) is 11.7. The van der Waals surface area contributed by atoms with Crippen molar-refractivity contribution in [2.75, 3.05) is 30.9 Å². The molecule has 1 atom stereocenters. The van der Waals surface area contributed by atoms with Crippen molar-refractivity contribution in [2.45, 2.75) is 19.9 Å². The van der Waals surface area contributed by atoms with Crippen LogP contribution in [-0.4, -0.2) is 42.4 Å². The number of benzene rings is 2. The van der Waals surface area contributed by atoms with Crippen molar-refractivity contribution >= 4 is 40.6 Å². The molecule has 1 unspecified atom stereocenters. The molecule has 0 bridgehead atoms. The van der Waals surface area contributed by atoms with Crippen molar-refractivity contribution in [3.8, 4) is 0 Å². The maximum atomic E-state index is 13.9. The molecule has 9 nitrogen and oxygen atoms in total. The number of nitrogens with one attached hydrogen (secondary N) is 1. The van der Waals surface area contributed by atoms with Gasteiger partial charge in [-0.15, -0.1) is 0 Å². The number of rotatable bonds is 9. The highest BCUT2D eigenvalue weighted by molar-refractivity contribution is 7.09. The summed E-state index contributed by atoms with van der Waals surface area (Å²) in [6, 6.07) is 9.48. The summed E-state index contributed by atoms with van der Waals surface area (Å²) < 4.78 is 22.7. The van der Waals surface area contributed by atoms with Crippen molar-refractivity contribution in [1.29, 1.82) is 0 Å². The van der Waals surface area contributed by atoms with Gasteiger partial charge in [-0.25, -0.2) is 4.39 Å². The third kappa shape index (κ3) is 5.64. The molecule has 0 aliphatic rings. The second-order valence-corrected chi connectivity index (χ2v) is 8.61. The summed E-state index contributed by atoms with van der Waals surface area (Å²) in [6.45, 7) is 4.15. The molecule has 3 aromatic rings. The molecule has 5 N–H and O–H groups in total. The molecular formula is C24H26FN5O4S. The Labute approximate surface area is 206 Å². The maximum Gasteiger partial charge on any atom is 0.273 e. The average molecular weight is 500 g/mol. The van der Waals surface area contributed by atoms with E-state index in [-0.39, 0.29) is 29.4 Å². The van der Waals surface area contributed by atoms with Crippen LogP contribution in [0.5, 0.6) is 0 Å². The fourth-order valence-corrected chi connectivity index (χ4v) is 4.36. The second-order valence-electron chi connectivity index (χ2n) is 7.84. The topological polar surface area (TPSA) is 141 Å². The van der Waals surface area contributed by atoms with Gasteiger partial charge in [0, 0.05) is 19.3 Å². The first-order valence-electron chi connectivity index (χ1n) is 10.6. The summed E-state index contributed by atoms with van der Waals surface area (Å²) in [7, 11) is 1.50. The largest absolute Gasteiger partial charge is 0.395 e. The number of aromatic nitrogens is 1. The molecule has 0 radical (unpaired) electrons. The van der Waals surface area contributed by atoms with Gasteiger partial charge < -0.3 is 21.5 Å². The first-order valence-corrected chi connectivity index (χ1v) is 11.4. The van der Waals surface area contributed by atoms with Gasteiger partial charge in [0.05, 0.1) is 12.3 Å². The summed E-state index contributed by atoms with van der Waals surface area (Å²) >= 11 is 0.714. The molecule has 11 heteroatoms. The van der Waals surface area contributed by atoms with E-state index in [1.807, 2.05) is 13.0 Å². The Kier molecular flexibility index (Phi) is 8.15. The van der Waals surface area contributed by atoms with Gasteiger partial charge in [0.25, 0.3) is 11.8 Å². The number of nitrogen functional groups attached to an aromatic ring is 1. The molecule has 0 aliphatic heterocycles. The van der Waals surface area contributed by atoms with Crippen molar-refractivity contribution in [1.82, 2.24) is 9.69 Å². The van der Waals surface area contributed by atoms with E-state index in [0.717, 1.165) is 5.56 Å². The molecule has 35 heavy (non-hydrogen) atoms. The van der Waals surface area contributed by atoms with Gasteiger partial charge in [0.15, 0.2) is 5.69 Å². The summed E-state index contributed by atoms with van der Waals surface area (Å²) in [5.41, 5.74) is 13.5. The number of carbonyl (C=O) groups is 3. The Balaban J connectivity index is 2.21. The molecule has 3 rings (SSSR count). The number of hydrogen-bond acceptors (Lipinski definition) is 7. The summed E-state index contributed by atoms with van der Waals surface area (Å²) in [5, 5.41) is 2.75. The number of ether oxygens (including phenoxy) is 1. The maximum absolute atomic E-state index is 13.9. The molecule has 0 fully saturated rings. The quantitative estimate of drug-likeness (QED) is 0.387. The summed E-state index contributed by atoms with van der Waals surface area (Å²) in [4.78, 5) is 40.3. The number of anilines is 2. The van der Waals surface area contributed by atoms with E-state index in [1.165, 1.54) is 36.3 Å². The standard InChI is InChI=1S/C24H26FN5O4S/c1-13-4-9-17(14(2)12-13)30(24(33)21-18(26)19(22(27)31)29-35-21)20(23(32)28-10-11-34-3)15-5-7-16(25)8-6-15/h4-9,12,20H,10-11,26H2,1-3H3,(H2,27,31)(H,28,32). The lowest BCUT2D eigenvalue weighted by atomic mass is 10.0. The number of nitrogens with zero attached hydrogens (tertiary/aromatic N) is 2. The smallest absolute Gasteiger partial charge is 0.273 e. The second kappa shape index (κ2) is 11.1. The van der Waals surface area contributed by atoms with Crippen molar-refractivity contribution < 1.29 is 23.5 Å². The van der Waals surface area contributed by atoms with Crippen molar-refractivity contribution in [3.05, 3.63) is 75.5 Å². The van der Waals surface area contributed by atoms with Crippen LogP contribution in [0.25, 0.3) is 0 Å². The minimum absolute atomic E-state index is 0.0458. The van der Waals surface area contributed by atoms with Gasteiger partial charge in [-0.3, -0.25) is 19.3 Å². The van der Waals surface area contributed by atoms with E-state index in [9.17, 15) is 18.8 Å². The number of halogens is 1. The van der Waals surface area contributed by atoms with Gasteiger partial charge in [0.2, 0.25) is 5.91 Å². The fourth-order valence-electron chi connectivity index (χ4n) is 3.62. The molecule has 1 aromatic heterocycles. The molecule has 0 aliphatic carbocycles. The van der Waals surface area contributed by atoms with Crippen LogP contribution in [0, 0.1) is 19.7 Å². The minimum Gasteiger partial charge on any atom is -0.395 e. The van der Waals surface area contributed by atoms with E-state index in [1.54, 1.807) is 19.1 Å². The number of amides is 3. The third-order valence-electron chi connectivity index (χ3n) is 5.28. The van der Waals surface area contributed by atoms with Gasteiger partial charge in [-0.05, 0) is 54.7 Å². The number of carbonyl (C=O) groups excluding carboxylic acids is 3. The van der Waals surface area contributed by atoms with E-state index in [2.05, 4.69) is 9.69 Å². The molecule has 1 heterocycles. The highest BCUT2D eigenvalue weighted by atomic mass is 32.1. The Morgan fingerprint density at radius 2 is 1.86 bits per heavy atom. The molecule has 0 spiro atoms. The van der Waals surface area contributed by atoms with Crippen LogP contribution in [0.1, 0.15) is 42.9 Å². The number of primary amides is 1. The van der Waals surface area contributed by atoms with Crippen LogP contribution in [0.4, 0.5) is 15.8 Å². The van der Waals surface area contributed by atoms with E-state index < -0.39 is 29.6 Å². The van der Waals surface area contributed by atoms with Gasteiger partial charge in [-0.1, -0.05) is 29.8 Å². The van der Waals surface area contributed by atoms with Crippen LogP contribution < -0.4 is 21.7 Å². The summed E-state index contributed by atoms with van der Waals surface area (Å²) in [5.74, 6) is -2.53. The SMILES string of the molecule is COCCNC(=O)C(c1ccc(F)cc1)N(C(=O)c1snc(C(N)=O)c1N)c1ccc(C)cc1C. The zero-order valence-corrected chi connectivity index (χ0v) is 20.3. The predicted molar refractivity (Wildman–Crippen MR) is 132 cm³/mol. The first-order chi connectivity index (χ1) is 16.6. The zero-order chi connectivity index (χ0) is 25.7. The minimum atomic E-state index is -1.19. The monoisotopic (exact) mass is 499 g/mol. The first kappa shape index (κ1) is 25.8. The van der Waals surface area contributed by atoms with E-state index in [0.29, 0.717) is 28.3 Å². The Hall–Kier alpha value is -3.83. The molecule has 0 saturated heterocycles. The van der Waals surface area contributed by atoms with Gasteiger partial charge >= 0.3 is 0 Å². The van der Waals surface area contributed by atoms with Crippen LogP contribution in [0.15, 0.2) is 42.5 Å². The summed E-state index contributed by atoms with van der Waals surface area (Å²) in [6.07, 6.45) is 0. The van der Waals surface area contributed by atoms with Crippen LogP contribution in [-0.2, 0) is 9.53 Å². The Bertz CT molecular complexity index is 1250. The molecule has 2 aromatic carbocycles. The van der Waals surface area contributed by atoms with E-state index >= 15 is 0 Å². The van der Waals surface area contributed by atoms with E-state index in [4.69, 9.17) is 16.2 Å². The zero-order valence-electron chi connectivity index (χ0n) is 19.5. The highest BCUT2D eigenvalue weighted by Gasteiger charge is 2.36. The molecular weight excluding hydrogens is 473 g/mol.